The van der Waals surface area contributed by atoms with Gasteiger partial charge < -0.3 is 0 Å². The number of benzene rings is 1. The molecule has 2 bridgehead atoms. The quantitative estimate of drug-likeness (QED) is 0.649. The number of sulfonamides is 1. The highest BCUT2D eigenvalue weighted by atomic mass is 32.2. The highest BCUT2D eigenvalue weighted by Gasteiger charge is 2.72. The monoisotopic (exact) mass is 460 g/mol. The summed E-state index contributed by atoms with van der Waals surface area (Å²) in [5, 5.41) is 0. The molecule has 1 N–H and O–H groups in total. The first kappa shape index (κ1) is 22.4. The van der Waals surface area contributed by atoms with Crippen LogP contribution in [0.1, 0.15) is 70.8 Å². The number of nitrogens with zero attached hydrogens (tertiary/aromatic N) is 1. The fourth-order valence-corrected chi connectivity index (χ4v) is 9.88. The summed E-state index contributed by atoms with van der Waals surface area (Å²) >= 11 is 0. The van der Waals surface area contributed by atoms with Gasteiger partial charge >= 0.3 is 0 Å². The van der Waals surface area contributed by atoms with Crippen molar-refractivity contribution >= 4 is 15.9 Å². The predicted molar refractivity (Wildman–Crippen MR) is 123 cm³/mol. The first-order chi connectivity index (χ1) is 15.3. The molecule has 176 valence electrons. The van der Waals surface area contributed by atoms with Crippen molar-refractivity contribution in [1.82, 2.24) is 9.79 Å². The van der Waals surface area contributed by atoms with Crippen molar-refractivity contribution in [2.75, 3.05) is 5.75 Å². The van der Waals surface area contributed by atoms with Crippen LogP contribution in [0.5, 0.6) is 0 Å². The maximum atomic E-state index is 13.9. The number of amides is 1. The number of rotatable bonds is 6. The number of fused-ring (bicyclic) bond motifs is 1. The molecule has 0 aromatic heterocycles. The first-order valence-electron chi connectivity index (χ1n) is 12.2. The Morgan fingerprint density at radius 3 is 2.56 bits per heavy atom. The van der Waals surface area contributed by atoms with Crippen LogP contribution in [0, 0.1) is 22.7 Å². The normalized spacial score (nSPS) is 33.9. The molecule has 4 fully saturated rings. The minimum Gasteiger partial charge on any atom is -0.296 e. The Morgan fingerprint density at radius 1 is 1.16 bits per heavy atom. The van der Waals surface area contributed by atoms with E-state index in [9.17, 15) is 13.2 Å². The fourth-order valence-electron chi connectivity index (χ4n) is 7.32. The molecule has 5 rings (SSSR count). The second-order valence-corrected chi connectivity index (χ2v) is 12.9. The highest BCUT2D eigenvalue weighted by Crippen LogP contribution is 2.70. The Hall–Kier alpha value is -1.44. The minimum absolute atomic E-state index is 0.0443. The summed E-state index contributed by atoms with van der Waals surface area (Å²) in [6.45, 7) is 4.77. The van der Waals surface area contributed by atoms with E-state index in [0.717, 1.165) is 50.5 Å². The zero-order chi connectivity index (χ0) is 22.6. The van der Waals surface area contributed by atoms with Gasteiger partial charge in [-0.2, -0.15) is 5.48 Å². The molecule has 7 heteroatoms. The van der Waals surface area contributed by atoms with Crippen LogP contribution in [-0.2, 0) is 26.3 Å². The molecule has 6 nitrogen and oxygen atoms in total. The van der Waals surface area contributed by atoms with Crippen molar-refractivity contribution in [2.24, 2.45) is 22.7 Å². The molecule has 4 atom stereocenters. The Labute approximate surface area is 192 Å². The molecular weight excluding hydrogens is 424 g/mol. The summed E-state index contributed by atoms with van der Waals surface area (Å²) in [6, 6.07) is 9.00. The smallest absolute Gasteiger partial charge is 0.256 e. The first-order valence-corrected chi connectivity index (χ1v) is 13.8. The molecule has 1 aromatic rings. The zero-order valence-electron chi connectivity index (χ0n) is 19.3. The Bertz CT molecular complexity index is 957. The number of hydroxylamine groups is 1. The van der Waals surface area contributed by atoms with Crippen LogP contribution in [0.25, 0.3) is 0 Å². The Morgan fingerprint density at radius 2 is 1.88 bits per heavy atom. The molecule has 1 heterocycles. The molecule has 3 saturated carbocycles. The van der Waals surface area contributed by atoms with Crippen LogP contribution in [0.3, 0.4) is 0 Å². The van der Waals surface area contributed by atoms with Gasteiger partial charge in [0, 0.05) is 5.41 Å². The Balaban J connectivity index is 1.39. The van der Waals surface area contributed by atoms with Crippen molar-refractivity contribution in [3.63, 3.8) is 0 Å². The van der Waals surface area contributed by atoms with Gasteiger partial charge in [-0.25, -0.2) is 12.7 Å². The van der Waals surface area contributed by atoms with E-state index >= 15 is 0 Å². The van der Waals surface area contributed by atoms with E-state index < -0.39 is 16.1 Å². The lowest BCUT2D eigenvalue weighted by molar-refractivity contribution is -0.139. The molecule has 1 spiro atoms. The maximum Gasteiger partial charge on any atom is 0.256 e. The van der Waals surface area contributed by atoms with Crippen LogP contribution in [0.15, 0.2) is 30.3 Å². The lowest BCUT2D eigenvalue weighted by Gasteiger charge is -2.38. The van der Waals surface area contributed by atoms with Crippen LogP contribution < -0.4 is 5.48 Å². The van der Waals surface area contributed by atoms with Crippen LogP contribution in [0.4, 0.5) is 0 Å². The van der Waals surface area contributed by atoms with E-state index in [2.05, 4.69) is 19.3 Å². The fraction of sp³-hybridized carbons (Fsp3) is 0.720. The molecular formula is C25H36N2O4S. The number of nitrogens with one attached hydrogen (secondary N) is 1. The zero-order valence-corrected chi connectivity index (χ0v) is 20.1. The second kappa shape index (κ2) is 8.10. The molecule has 3 aliphatic carbocycles. The van der Waals surface area contributed by atoms with E-state index in [1.165, 1.54) is 10.7 Å². The predicted octanol–water partition coefficient (Wildman–Crippen LogP) is 4.02. The van der Waals surface area contributed by atoms with Gasteiger partial charge in [0.05, 0.1) is 18.4 Å². The van der Waals surface area contributed by atoms with Gasteiger partial charge in [-0.1, -0.05) is 63.4 Å². The molecule has 1 unspecified atom stereocenters. The van der Waals surface area contributed by atoms with E-state index in [4.69, 9.17) is 4.84 Å². The van der Waals surface area contributed by atoms with Gasteiger partial charge in [0.1, 0.15) is 6.04 Å². The van der Waals surface area contributed by atoms with E-state index in [1.54, 1.807) is 0 Å². The third-order valence-corrected chi connectivity index (χ3v) is 11.2. The standard InChI is InChI=1S/C25H36N2O4S/c1-24(2)20-13-14-25(24)17-32(29,30)27(21(25)15-20)23(28)22(19-11-7-4-8-12-19)26-31-16-18-9-5-3-6-10-18/h3,5-6,9-10,19-22,26H,4,7-8,11-17H2,1-2H3/t20?,21-,22+,25+/m0/s1. The summed E-state index contributed by atoms with van der Waals surface area (Å²) in [5.74, 6) is 0.414. The van der Waals surface area contributed by atoms with Gasteiger partial charge in [0.25, 0.3) is 5.91 Å². The number of carbonyl (C=O) groups excluding carboxylic acids is 1. The highest BCUT2D eigenvalue weighted by molar-refractivity contribution is 7.90. The van der Waals surface area contributed by atoms with E-state index in [0.29, 0.717) is 12.5 Å². The number of carbonyl (C=O) groups is 1. The number of hydrogen-bond acceptors (Lipinski definition) is 5. The molecule has 0 radical (unpaired) electrons. The topological polar surface area (TPSA) is 75.7 Å². The molecule has 1 aromatic carbocycles. The third-order valence-electron chi connectivity index (χ3n) is 9.31. The van der Waals surface area contributed by atoms with Crippen molar-refractivity contribution in [2.45, 2.75) is 83.9 Å². The SMILES string of the molecule is CC1(C)C2CC[C@]13CS(=O)(=O)N(C(=O)[C@H](NOCc1ccccc1)C1CCCCC1)[C@H]3C2. The third kappa shape index (κ3) is 3.43. The van der Waals surface area contributed by atoms with Gasteiger partial charge in [0.15, 0.2) is 0 Å². The molecule has 1 saturated heterocycles. The summed E-state index contributed by atoms with van der Waals surface area (Å²) in [6.07, 6.45) is 7.96. The lowest BCUT2D eigenvalue weighted by Crippen LogP contribution is -2.54. The molecule has 1 amide bonds. The summed E-state index contributed by atoms with van der Waals surface area (Å²) in [5.41, 5.74) is 3.71. The van der Waals surface area contributed by atoms with Gasteiger partial charge in [-0.3, -0.25) is 9.63 Å². The summed E-state index contributed by atoms with van der Waals surface area (Å²) < 4.78 is 28.1. The van der Waals surface area contributed by atoms with Crippen LogP contribution in [-0.4, -0.2) is 36.5 Å². The molecule has 1 aliphatic heterocycles. The Kier molecular flexibility index (Phi) is 5.66. The lowest BCUT2D eigenvalue weighted by atomic mass is 9.69. The second-order valence-electron chi connectivity index (χ2n) is 11.0. The maximum absolute atomic E-state index is 13.9. The largest absolute Gasteiger partial charge is 0.296 e. The van der Waals surface area contributed by atoms with Crippen molar-refractivity contribution in [3.05, 3.63) is 35.9 Å². The van der Waals surface area contributed by atoms with Gasteiger partial charge in [-0.15, -0.1) is 0 Å². The summed E-state index contributed by atoms with van der Waals surface area (Å²) in [4.78, 5) is 19.7. The minimum atomic E-state index is -3.63. The van der Waals surface area contributed by atoms with Crippen LogP contribution in [0.2, 0.25) is 0 Å². The van der Waals surface area contributed by atoms with Crippen molar-refractivity contribution < 1.29 is 18.0 Å². The molecule has 4 aliphatic rings. The van der Waals surface area contributed by atoms with E-state index in [-0.39, 0.29) is 34.4 Å². The van der Waals surface area contributed by atoms with Gasteiger partial charge in [0.2, 0.25) is 10.0 Å². The summed E-state index contributed by atoms with van der Waals surface area (Å²) in [7, 11) is -3.63. The van der Waals surface area contributed by atoms with Crippen molar-refractivity contribution in [3.8, 4) is 0 Å². The van der Waals surface area contributed by atoms with Crippen LogP contribution >= 0.6 is 0 Å². The average Bonchev–Trinajstić information content (AvgIpc) is 3.25. The van der Waals surface area contributed by atoms with E-state index in [1.807, 2.05) is 30.3 Å². The van der Waals surface area contributed by atoms with Crippen molar-refractivity contribution in [1.29, 1.82) is 0 Å². The number of hydrogen-bond donors (Lipinski definition) is 1. The van der Waals surface area contributed by atoms with Gasteiger partial charge in [-0.05, 0) is 54.9 Å². The molecule has 32 heavy (non-hydrogen) atoms. The average molecular weight is 461 g/mol.